The zero-order valence-corrected chi connectivity index (χ0v) is 15.6. The lowest BCUT2D eigenvalue weighted by atomic mass is 9.96. The molecule has 1 aromatic rings. The summed E-state index contributed by atoms with van der Waals surface area (Å²) in [6.45, 7) is 5.72. The molecular weight excluding hydrogens is 346 g/mol. The number of primary amides is 1. The van der Waals surface area contributed by atoms with Gasteiger partial charge in [-0.15, -0.1) is 24.2 Å². The van der Waals surface area contributed by atoms with Crippen molar-refractivity contribution in [1.29, 1.82) is 0 Å². The summed E-state index contributed by atoms with van der Waals surface area (Å²) >= 11 is 1.33. The lowest BCUT2D eigenvalue weighted by Gasteiger charge is -2.32. The number of hydrogen-bond acceptors (Lipinski definition) is 4. The van der Waals surface area contributed by atoms with Crippen molar-refractivity contribution in [1.82, 2.24) is 10.2 Å². The third-order valence-electron chi connectivity index (χ3n) is 4.07. The molecule has 0 unspecified atom stereocenters. The second kappa shape index (κ2) is 10.6. The average Bonchev–Trinajstić information content (AvgIpc) is 2.58. The van der Waals surface area contributed by atoms with Gasteiger partial charge in [0.1, 0.15) is 0 Å². The summed E-state index contributed by atoms with van der Waals surface area (Å²) < 4.78 is 0. The molecule has 0 bridgehead atoms. The lowest BCUT2D eigenvalue weighted by Crippen LogP contribution is -2.41. The number of thioether (sulfide) groups is 1. The molecule has 24 heavy (non-hydrogen) atoms. The van der Waals surface area contributed by atoms with Gasteiger partial charge in [-0.2, -0.15) is 0 Å². The Morgan fingerprint density at radius 1 is 1.29 bits per heavy atom. The first-order valence-corrected chi connectivity index (χ1v) is 9.10. The molecule has 1 fully saturated rings. The standard InChI is InChI=1S/C17H25N3O2S.ClH/c1-2-19-11-13-7-9-20(10-8-13)17(22)14-5-3-4-6-15(14)23-12-16(18)21;/h3-6,13,19H,2,7-12H2,1H3,(H2,18,21);1H. The molecule has 0 atom stereocenters. The molecule has 5 nitrogen and oxygen atoms in total. The molecule has 2 amide bonds. The fourth-order valence-corrected chi connectivity index (χ4v) is 3.56. The van der Waals surface area contributed by atoms with Crippen LogP contribution in [0.4, 0.5) is 0 Å². The number of amides is 2. The molecule has 1 aliphatic rings. The van der Waals surface area contributed by atoms with Crippen LogP contribution in [-0.4, -0.2) is 48.6 Å². The highest BCUT2D eigenvalue weighted by Gasteiger charge is 2.24. The van der Waals surface area contributed by atoms with Gasteiger partial charge >= 0.3 is 0 Å². The second-order valence-electron chi connectivity index (χ2n) is 5.79. The van der Waals surface area contributed by atoms with Gasteiger partial charge in [-0.25, -0.2) is 0 Å². The number of carbonyl (C=O) groups is 2. The van der Waals surface area contributed by atoms with E-state index >= 15 is 0 Å². The molecule has 1 aliphatic heterocycles. The quantitative estimate of drug-likeness (QED) is 0.720. The fraction of sp³-hybridized carbons (Fsp3) is 0.529. The number of nitrogens with zero attached hydrogens (tertiary/aromatic N) is 1. The van der Waals surface area contributed by atoms with Crippen LogP contribution in [0.2, 0.25) is 0 Å². The zero-order valence-electron chi connectivity index (χ0n) is 14.0. The molecule has 7 heteroatoms. The Morgan fingerprint density at radius 3 is 2.58 bits per heavy atom. The Hall–Kier alpha value is -1.24. The van der Waals surface area contributed by atoms with Crippen LogP contribution in [0.25, 0.3) is 0 Å². The van der Waals surface area contributed by atoms with Crippen LogP contribution in [0, 0.1) is 5.92 Å². The largest absolute Gasteiger partial charge is 0.369 e. The number of likely N-dealkylation sites (tertiary alicyclic amines) is 1. The highest BCUT2D eigenvalue weighted by atomic mass is 35.5. The van der Waals surface area contributed by atoms with Crippen LogP contribution in [0.1, 0.15) is 30.1 Å². The van der Waals surface area contributed by atoms with Crippen molar-refractivity contribution in [2.45, 2.75) is 24.7 Å². The van der Waals surface area contributed by atoms with Crippen molar-refractivity contribution in [2.75, 3.05) is 31.9 Å². The summed E-state index contributed by atoms with van der Waals surface area (Å²) in [5, 5.41) is 3.38. The van der Waals surface area contributed by atoms with Crippen LogP contribution in [0.3, 0.4) is 0 Å². The number of halogens is 1. The third-order valence-corrected chi connectivity index (χ3v) is 5.17. The maximum atomic E-state index is 12.8. The molecule has 2 rings (SSSR count). The number of hydrogen-bond donors (Lipinski definition) is 2. The van der Waals surface area contributed by atoms with Crippen LogP contribution >= 0.6 is 24.2 Å². The average molecular weight is 372 g/mol. The lowest BCUT2D eigenvalue weighted by molar-refractivity contribution is -0.115. The summed E-state index contributed by atoms with van der Waals surface area (Å²) in [6, 6.07) is 7.44. The SMILES string of the molecule is CCNCC1CCN(C(=O)c2ccccc2SCC(N)=O)CC1.Cl. The van der Waals surface area contributed by atoms with Crippen LogP contribution in [-0.2, 0) is 4.79 Å². The number of nitrogens with one attached hydrogen (secondary N) is 1. The van der Waals surface area contributed by atoms with Gasteiger partial charge in [0.25, 0.3) is 5.91 Å². The molecule has 134 valence electrons. The third kappa shape index (κ3) is 6.00. The Morgan fingerprint density at radius 2 is 1.96 bits per heavy atom. The fourth-order valence-electron chi connectivity index (χ4n) is 2.78. The summed E-state index contributed by atoms with van der Waals surface area (Å²) in [4.78, 5) is 26.5. The van der Waals surface area contributed by atoms with Gasteiger partial charge in [0.05, 0.1) is 11.3 Å². The molecule has 1 aromatic carbocycles. The second-order valence-corrected chi connectivity index (χ2v) is 6.81. The number of rotatable bonds is 7. The Kier molecular flexibility index (Phi) is 9.18. The van der Waals surface area contributed by atoms with Crippen molar-refractivity contribution < 1.29 is 9.59 Å². The van der Waals surface area contributed by atoms with Gasteiger partial charge in [-0.3, -0.25) is 9.59 Å². The minimum Gasteiger partial charge on any atom is -0.369 e. The van der Waals surface area contributed by atoms with Gasteiger partial charge < -0.3 is 16.0 Å². The van der Waals surface area contributed by atoms with Crippen LogP contribution in [0.5, 0.6) is 0 Å². The molecule has 0 aromatic heterocycles. The van der Waals surface area contributed by atoms with E-state index in [2.05, 4.69) is 12.2 Å². The first kappa shape index (κ1) is 20.8. The predicted molar refractivity (Wildman–Crippen MR) is 101 cm³/mol. The molecule has 0 saturated carbocycles. The van der Waals surface area contributed by atoms with E-state index in [1.54, 1.807) is 0 Å². The normalized spacial score (nSPS) is 15.0. The van der Waals surface area contributed by atoms with Gasteiger partial charge in [0.2, 0.25) is 5.91 Å². The molecule has 1 saturated heterocycles. The smallest absolute Gasteiger partial charge is 0.254 e. The first-order chi connectivity index (χ1) is 11.1. The maximum Gasteiger partial charge on any atom is 0.254 e. The van der Waals surface area contributed by atoms with Crippen LogP contribution < -0.4 is 11.1 Å². The number of carbonyl (C=O) groups excluding carboxylic acids is 2. The summed E-state index contributed by atoms with van der Waals surface area (Å²) in [6.07, 6.45) is 2.07. The Balaban J connectivity index is 0.00000288. The number of piperidine rings is 1. The van der Waals surface area contributed by atoms with Crippen molar-refractivity contribution in [3.63, 3.8) is 0 Å². The van der Waals surface area contributed by atoms with E-state index in [1.165, 1.54) is 11.8 Å². The minimum atomic E-state index is -0.374. The number of benzene rings is 1. The van der Waals surface area contributed by atoms with E-state index in [1.807, 2.05) is 29.2 Å². The summed E-state index contributed by atoms with van der Waals surface area (Å²) in [5.74, 6) is 0.522. The van der Waals surface area contributed by atoms with Crippen molar-refractivity contribution in [3.8, 4) is 0 Å². The Labute approximate surface area is 154 Å². The molecular formula is C17H26ClN3O2S. The molecule has 3 N–H and O–H groups in total. The van der Waals surface area contributed by atoms with Gasteiger partial charge in [-0.1, -0.05) is 19.1 Å². The maximum absolute atomic E-state index is 12.8. The zero-order chi connectivity index (χ0) is 16.7. The van der Waals surface area contributed by atoms with E-state index in [-0.39, 0.29) is 30.0 Å². The van der Waals surface area contributed by atoms with E-state index in [4.69, 9.17) is 5.73 Å². The molecule has 0 radical (unpaired) electrons. The molecule has 1 heterocycles. The van der Waals surface area contributed by atoms with Crippen molar-refractivity contribution in [3.05, 3.63) is 29.8 Å². The summed E-state index contributed by atoms with van der Waals surface area (Å²) in [5.41, 5.74) is 5.87. The Bertz CT molecular complexity index is 548. The van der Waals surface area contributed by atoms with Gasteiger partial charge in [0, 0.05) is 18.0 Å². The minimum absolute atomic E-state index is 0. The van der Waals surface area contributed by atoms with Crippen molar-refractivity contribution in [2.24, 2.45) is 11.7 Å². The van der Waals surface area contributed by atoms with E-state index in [9.17, 15) is 9.59 Å². The molecule has 0 aliphatic carbocycles. The van der Waals surface area contributed by atoms with Gasteiger partial charge in [0.15, 0.2) is 0 Å². The highest BCUT2D eigenvalue weighted by molar-refractivity contribution is 8.00. The summed E-state index contributed by atoms with van der Waals surface area (Å²) in [7, 11) is 0. The van der Waals surface area contributed by atoms with E-state index in [0.29, 0.717) is 11.5 Å². The van der Waals surface area contributed by atoms with E-state index < -0.39 is 0 Å². The monoisotopic (exact) mass is 371 g/mol. The van der Waals surface area contributed by atoms with Crippen molar-refractivity contribution >= 4 is 36.0 Å². The van der Waals surface area contributed by atoms with E-state index in [0.717, 1.165) is 43.9 Å². The van der Waals surface area contributed by atoms with Gasteiger partial charge in [-0.05, 0) is 44.0 Å². The first-order valence-electron chi connectivity index (χ1n) is 8.12. The predicted octanol–water partition coefficient (Wildman–Crippen LogP) is 2.15. The highest BCUT2D eigenvalue weighted by Crippen LogP contribution is 2.25. The number of nitrogens with two attached hydrogens (primary N) is 1. The van der Waals surface area contributed by atoms with Crippen LogP contribution in [0.15, 0.2) is 29.2 Å². The topological polar surface area (TPSA) is 75.4 Å². The molecule has 0 spiro atoms.